The summed E-state index contributed by atoms with van der Waals surface area (Å²) in [6, 6.07) is 3.24. The summed E-state index contributed by atoms with van der Waals surface area (Å²) in [4.78, 5) is 17.5. The summed E-state index contributed by atoms with van der Waals surface area (Å²) in [5.74, 6) is -0.0945. The molecule has 2 rings (SSSR count). The standard InChI is InChI=1S/C11H13ClN2O2/c12-10-4-3-8(6-13-10)11(16)14-5-1-2-9(15)7-14/h3-4,6,9,15H,1-2,5,7H2. The number of aliphatic hydroxyl groups is 1. The molecule has 1 atom stereocenters. The number of carbonyl (C=O) groups excluding carboxylic acids is 1. The zero-order valence-corrected chi connectivity index (χ0v) is 9.52. The predicted molar refractivity (Wildman–Crippen MR) is 60.4 cm³/mol. The van der Waals surface area contributed by atoms with Gasteiger partial charge >= 0.3 is 0 Å². The molecule has 1 aromatic rings. The Morgan fingerprint density at radius 1 is 1.56 bits per heavy atom. The maximum Gasteiger partial charge on any atom is 0.255 e. The largest absolute Gasteiger partial charge is 0.391 e. The topological polar surface area (TPSA) is 53.4 Å². The molecule has 1 amide bonds. The van der Waals surface area contributed by atoms with Gasteiger partial charge in [0.15, 0.2) is 0 Å². The van der Waals surface area contributed by atoms with Crippen LogP contribution in [0.3, 0.4) is 0 Å². The van der Waals surface area contributed by atoms with Crippen molar-refractivity contribution >= 4 is 17.5 Å². The first kappa shape index (κ1) is 11.4. The van der Waals surface area contributed by atoms with Crippen molar-refractivity contribution in [3.63, 3.8) is 0 Å². The molecule has 0 aromatic carbocycles. The summed E-state index contributed by atoms with van der Waals surface area (Å²) in [7, 11) is 0. The van der Waals surface area contributed by atoms with E-state index in [1.54, 1.807) is 17.0 Å². The lowest BCUT2D eigenvalue weighted by Gasteiger charge is -2.30. The third-order valence-electron chi connectivity index (χ3n) is 2.66. The fraction of sp³-hybridized carbons (Fsp3) is 0.455. The SMILES string of the molecule is O=C(c1ccc(Cl)nc1)N1CCCC(O)C1. The summed E-state index contributed by atoms with van der Waals surface area (Å²) in [5.41, 5.74) is 0.513. The van der Waals surface area contributed by atoms with Gasteiger partial charge in [-0.15, -0.1) is 0 Å². The number of piperidine rings is 1. The van der Waals surface area contributed by atoms with Gasteiger partial charge < -0.3 is 10.0 Å². The van der Waals surface area contributed by atoms with Crippen molar-refractivity contribution in [2.75, 3.05) is 13.1 Å². The Labute approximate surface area is 98.9 Å². The van der Waals surface area contributed by atoms with Gasteiger partial charge in [0, 0.05) is 19.3 Å². The maximum absolute atomic E-state index is 12.0. The van der Waals surface area contributed by atoms with E-state index < -0.39 is 6.10 Å². The number of β-amino-alcohol motifs (C(OH)–C–C–N with tert-alkyl or cyclic N) is 1. The zero-order valence-electron chi connectivity index (χ0n) is 8.77. The first-order valence-corrected chi connectivity index (χ1v) is 5.63. The zero-order chi connectivity index (χ0) is 11.5. The van der Waals surface area contributed by atoms with Crippen molar-refractivity contribution in [1.82, 2.24) is 9.88 Å². The van der Waals surface area contributed by atoms with Crippen LogP contribution in [0.1, 0.15) is 23.2 Å². The molecule has 16 heavy (non-hydrogen) atoms. The second kappa shape index (κ2) is 4.80. The molecule has 1 aromatic heterocycles. The van der Waals surface area contributed by atoms with Crippen molar-refractivity contribution < 1.29 is 9.90 Å². The Bertz CT molecular complexity index is 380. The molecule has 0 saturated carbocycles. The molecule has 2 heterocycles. The third kappa shape index (κ3) is 2.51. The molecular formula is C11H13ClN2O2. The number of amides is 1. The molecule has 0 aliphatic carbocycles. The molecule has 1 fully saturated rings. The highest BCUT2D eigenvalue weighted by molar-refractivity contribution is 6.29. The van der Waals surface area contributed by atoms with E-state index in [9.17, 15) is 9.90 Å². The summed E-state index contributed by atoms with van der Waals surface area (Å²) >= 11 is 5.65. The number of hydrogen-bond donors (Lipinski definition) is 1. The van der Waals surface area contributed by atoms with Gasteiger partial charge in [-0.05, 0) is 25.0 Å². The number of halogens is 1. The summed E-state index contributed by atoms with van der Waals surface area (Å²) in [6.45, 7) is 1.10. The van der Waals surface area contributed by atoms with Gasteiger partial charge in [0.05, 0.1) is 11.7 Å². The van der Waals surface area contributed by atoms with Crippen LogP contribution in [0.5, 0.6) is 0 Å². The van der Waals surface area contributed by atoms with Crippen molar-refractivity contribution in [1.29, 1.82) is 0 Å². The number of aromatic nitrogens is 1. The number of likely N-dealkylation sites (tertiary alicyclic amines) is 1. The van der Waals surface area contributed by atoms with E-state index in [0.717, 1.165) is 12.8 Å². The molecule has 5 heteroatoms. The Hall–Kier alpha value is -1.13. The lowest BCUT2D eigenvalue weighted by atomic mass is 10.1. The minimum Gasteiger partial charge on any atom is -0.391 e. The molecule has 4 nitrogen and oxygen atoms in total. The number of pyridine rings is 1. The number of carbonyl (C=O) groups is 1. The van der Waals surface area contributed by atoms with Crippen LogP contribution in [0.2, 0.25) is 5.15 Å². The van der Waals surface area contributed by atoms with Gasteiger partial charge in [-0.3, -0.25) is 4.79 Å². The average molecular weight is 241 g/mol. The van der Waals surface area contributed by atoms with Gasteiger partial charge in [-0.1, -0.05) is 11.6 Å². The van der Waals surface area contributed by atoms with Crippen molar-refractivity contribution in [3.05, 3.63) is 29.0 Å². The Kier molecular flexibility index (Phi) is 3.41. The van der Waals surface area contributed by atoms with Crippen LogP contribution in [0, 0.1) is 0 Å². The van der Waals surface area contributed by atoms with E-state index in [-0.39, 0.29) is 5.91 Å². The lowest BCUT2D eigenvalue weighted by molar-refractivity contribution is 0.0473. The van der Waals surface area contributed by atoms with Crippen LogP contribution in [-0.2, 0) is 0 Å². The van der Waals surface area contributed by atoms with Crippen LogP contribution in [0.15, 0.2) is 18.3 Å². The molecular weight excluding hydrogens is 228 g/mol. The first-order valence-electron chi connectivity index (χ1n) is 5.26. The average Bonchev–Trinajstić information content (AvgIpc) is 2.29. The van der Waals surface area contributed by atoms with Crippen LogP contribution >= 0.6 is 11.6 Å². The van der Waals surface area contributed by atoms with Crippen molar-refractivity contribution in [2.45, 2.75) is 18.9 Å². The Morgan fingerprint density at radius 2 is 2.38 bits per heavy atom. The van der Waals surface area contributed by atoms with E-state index in [1.165, 1.54) is 6.20 Å². The molecule has 0 bridgehead atoms. The van der Waals surface area contributed by atoms with Gasteiger partial charge in [-0.2, -0.15) is 0 Å². The minimum atomic E-state index is -0.405. The summed E-state index contributed by atoms with van der Waals surface area (Å²) < 4.78 is 0. The van der Waals surface area contributed by atoms with E-state index in [1.807, 2.05) is 0 Å². The quantitative estimate of drug-likeness (QED) is 0.754. The van der Waals surface area contributed by atoms with Crippen LogP contribution < -0.4 is 0 Å². The molecule has 1 aliphatic heterocycles. The van der Waals surface area contributed by atoms with Crippen LogP contribution in [0.4, 0.5) is 0 Å². The van der Waals surface area contributed by atoms with Gasteiger partial charge in [0.1, 0.15) is 5.15 Å². The van der Waals surface area contributed by atoms with Crippen molar-refractivity contribution in [2.24, 2.45) is 0 Å². The van der Waals surface area contributed by atoms with Crippen molar-refractivity contribution in [3.8, 4) is 0 Å². The Balaban J connectivity index is 2.09. The maximum atomic E-state index is 12.0. The number of nitrogens with zero attached hydrogens (tertiary/aromatic N) is 2. The van der Waals surface area contributed by atoms with Crippen LogP contribution in [0.25, 0.3) is 0 Å². The van der Waals surface area contributed by atoms with E-state index in [4.69, 9.17) is 11.6 Å². The van der Waals surface area contributed by atoms with Crippen LogP contribution in [-0.4, -0.2) is 40.1 Å². The van der Waals surface area contributed by atoms with E-state index in [0.29, 0.717) is 23.8 Å². The Morgan fingerprint density at radius 3 is 3.00 bits per heavy atom. The minimum absolute atomic E-state index is 0.0945. The molecule has 86 valence electrons. The summed E-state index contributed by atoms with van der Waals surface area (Å²) in [6.07, 6.45) is 2.67. The lowest BCUT2D eigenvalue weighted by Crippen LogP contribution is -2.42. The predicted octanol–water partition coefficient (Wildman–Crippen LogP) is 1.33. The number of hydrogen-bond acceptors (Lipinski definition) is 3. The normalized spacial score (nSPS) is 20.9. The first-order chi connectivity index (χ1) is 7.66. The van der Waals surface area contributed by atoms with E-state index >= 15 is 0 Å². The molecule has 0 spiro atoms. The second-order valence-electron chi connectivity index (χ2n) is 3.92. The molecule has 1 aliphatic rings. The monoisotopic (exact) mass is 240 g/mol. The van der Waals surface area contributed by atoms with Gasteiger partial charge in [0.25, 0.3) is 5.91 Å². The fourth-order valence-electron chi connectivity index (χ4n) is 1.82. The highest BCUT2D eigenvalue weighted by atomic mass is 35.5. The highest BCUT2D eigenvalue weighted by Gasteiger charge is 2.22. The molecule has 1 unspecified atom stereocenters. The molecule has 0 radical (unpaired) electrons. The molecule has 1 saturated heterocycles. The highest BCUT2D eigenvalue weighted by Crippen LogP contribution is 2.14. The number of aliphatic hydroxyl groups excluding tert-OH is 1. The third-order valence-corrected chi connectivity index (χ3v) is 2.88. The van der Waals surface area contributed by atoms with E-state index in [2.05, 4.69) is 4.98 Å². The smallest absolute Gasteiger partial charge is 0.255 e. The fourth-order valence-corrected chi connectivity index (χ4v) is 1.94. The van der Waals surface area contributed by atoms with Gasteiger partial charge in [0.2, 0.25) is 0 Å². The second-order valence-corrected chi connectivity index (χ2v) is 4.30. The molecule has 1 N–H and O–H groups in total. The van der Waals surface area contributed by atoms with Gasteiger partial charge in [-0.25, -0.2) is 4.98 Å². The summed E-state index contributed by atoms with van der Waals surface area (Å²) in [5, 5.41) is 9.86. The number of rotatable bonds is 1.